The van der Waals surface area contributed by atoms with Crippen LogP contribution in [-0.4, -0.2) is 28.1 Å². The highest BCUT2D eigenvalue weighted by Gasteiger charge is 2.24. The van der Waals surface area contributed by atoms with Gasteiger partial charge in [-0.2, -0.15) is 0 Å². The molecule has 3 aromatic carbocycles. The van der Waals surface area contributed by atoms with Gasteiger partial charge in [-0.3, -0.25) is 4.79 Å². The van der Waals surface area contributed by atoms with Crippen molar-refractivity contribution in [2.75, 3.05) is 0 Å². The number of hydrogen-bond donors (Lipinski definition) is 3. The molecule has 3 N–H and O–H groups in total. The number of halogens is 1. The van der Waals surface area contributed by atoms with Gasteiger partial charge in [0.15, 0.2) is 0 Å². The van der Waals surface area contributed by atoms with Crippen molar-refractivity contribution in [3.8, 4) is 5.75 Å². The highest BCUT2D eigenvalue weighted by atomic mass is 35.5. The van der Waals surface area contributed by atoms with Crippen molar-refractivity contribution < 1.29 is 19.8 Å². The summed E-state index contributed by atoms with van der Waals surface area (Å²) in [4.78, 5) is 24.1. The maximum absolute atomic E-state index is 12.6. The number of benzene rings is 3. The Labute approximate surface area is 154 Å². The fourth-order valence-corrected chi connectivity index (χ4v) is 3.05. The van der Waals surface area contributed by atoms with Crippen LogP contribution in [0.1, 0.15) is 15.9 Å². The zero-order chi connectivity index (χ0) is 18.7. The van der Waals surface area contributed by atoms with Crippen molar-refractivity contribution in [3.63, 3.8) is 0 Å². The van der Waals surface area contributed by atoms with Crippen LogP contribution < -0.4 is 5.32 Å². The van der Waals surface area contributed by atoms with Crippen molar-refractivity contribution in [2.45, 2.75) is 12.5 Å². The minimum Gasteiger partial charge on any atom is -0.506 e. The number of phenolic OH excluding ortho intramolecular Hbond substituents is 1. The van der Waals surface area contributed by atoms with Crippen LogP contribution in [-0.2, 0) is 11.2 Å². The van der Waals surface area contributed by atoms with E-state index in [0.717, 1.165) is 5.56 Å². The van der Waals surface area contributed by atoms with Gasteiger partial charge in [-0.25, -0.2) is 4.79 Å². The average molecular weight is 370 g/mol. The summed E-state index contributed by atoms with van der Waals surface area (Å²) in [6.45, 7) is 0. The van der Waals surface area contributed by atoms with Crippen molar-refractivity contribution in [2.24, 2.45) is 0 Å². The first kappa shape index (κ1) is 17.8. The van der Waals surface area contributed by atoms with E-state index in [1.54, 1.807) is 48.5 Å². The number of aromatic hydroxyl groups is 1. The Morgan fingerprint density at radius 1 is 1.00 bits per heavy atom. The van der Waals surface area contributed by atoms with E-state index in [9.17, 15) is 19.8 Å². The number of fused-ring (bicyclic) bond motifs is 1. The molecule has 6 heteroatoms. The third-order valence-electron chi connectivity index (χ3n) is 4.10. The zero-order valence-corrected chi connectivity index (χ0v) is 14.4. The molecule has 0 aliphatic heterocycles. The van der Waals surface area contributed by atoms with Crippen LogP contribution in [0.15, 0.2) is 60.7 Å². The highest BCUT2D eigenvalue weighted by Crippen LogP contribution is 2.34. The van der Waals surface area contributed by atoms with Crippen LogP contribution in [0.5, 0.6) is 5.75 Å². The fraction of sp³-hybridized carbons (Fsp3) is 0.100. The molecule has 0 aliphatic rings. The lowest BCUT2D eigenvalue weighted by Gasteiger charge is -2.16. The van der Waals surface area contributed by atoms with Gasteiger partial charge in [0.1, 0.15) is 11.8 Å². The number of phenols is 1. The predicted molar refractivity (Wildman–Crippen MR) is 99.7 cm³/mol. The van der Waals surface area contributed by atoms with Gasteiger partial charge < -0.3 is 15.5 Å². The molecule has 0 aromatic heterocycles. The molecular formula is C20H16ClNO4. The standard InChI is InChI=1S/C20H16ClNO4/c21-16-11-15(18(23)14-9-5-4-8-13(14)16)19(24)22-17(20(25)26)10-12-6-2-1-3-7-12/h1-9,11,17,23H,10H2,(H,22,24)(H,25,26)/t17-/m0/s1. The minimum absolute atomic E-state index is 0.0620. The third kappa shape index (κ3) is 3.63. The van der Waals surface area contributed by atoms with E-state index in [1.807, 2.05) is 6.07 Å². The number of carboxylic acid groups (broad SMARTS) is 1. The molecule has 0 heterocycles. The van der Waals surface area contributed by atoms with Gasteiger partial charge in [-0.1, -0.05) is 66.2 Å². The number of nitrogens with one attached hydrogen (secondary N) is 1. The second-order valence-corrected chi connectivity index (χ2v) is 6.26. The van der Waals surface area contributed by atoms with E-state index < -0.39 is 17.9 Å². The molecular weight excluding hydrogens is 354 g/mol. The summed E-state index contributed by atoms with van der Waals surface area (Å²) in [5.41, 5.74) is 0.717. The molecule has 0 saturated carbocycles. The normalized spacial score (nSPS) is 11.9. The first-order valence-corrected chi connectivity index (χ1v) is 8.33. The summed E-state index contributed by atoms with van der Waals surface area (Å²) >= 11 is 6.20. The summed E-state index contributed by atoms with van der Waals surface area (Å²) in [6.07, 6.45) is 0.129. The minimum atomic E-state index is -1.16. The average Bonchev–Trinajstić information content (AvgIpc) is 2.65. The van der Waals surface area contributed by atoms with Gasteiger partial charge in [0.25, 0.3) is 5.91 Å². The first-order valence-electron chi connectivity index (χ1n) is 7.95. The maximum atomic E-state index is 12.6. The molecule has 1 atom stereocenters. The van der Waals surface area contributed by atoms with Crippen LogP contribution in [0.4, 0.5) is 0 Å². The van der Waals surface area contributed by atoms with E-state index in [2.05, 4.69) is 5.32 Å². The fourth-order valence-electron chi connectivity index (χ4n) is 2.77. The first-order chi connectivity index (χ1) is 12.5. The molecule has 5 nitrogen and oxygen atoms in total. The third-order valence-corrected chi connectivity index (χ3v) is 4.41. The molecule has 0 saturated heterocycles. The molecule has 3 rings (SSSR count). The Morgan fingerprint density at radius 2 is 1.62 bits per heavy atom. The van der Waals surface area contributed by atoms with Crippen molar-refractivity contribution in [1.82, 2.24) is 5.32 Å². The zero-order valence-electron chi connectivity index (χ0n) is 13.6. The number of carbonyl (C=O) groups excluding carboxylic acids is 1. The number of hydrogen-bond acceptors (Lipinski definition) is 3. The SMILES string of the molecule is O=C(N[C@@H](Cc1ccccc1)C(=O)O)c1cc(Cl)c2ccccc2c1O. The second-order valence-electron chi connectivity index (χ2n) is 5.85. The Balaban J connectivity index is 1.89. The van der Waals surface area contributed by atoms with Crippen LogP contribution >= 0.6 is 11.6 Å². The monoisotopic (exact) mass is 369 g/mol. The van der Waals surface area contributed by atoms with Crippen molar-refractivity contribution in [1.29, 1.82) is 0 Å². The van der Waals surface area contributed by atoms with E-state index in [-0.39, 0.29) is 17.7 Å². The van der Waals surface area contributed by atoms with Crippen molar-refractivity contribution in [3.05, 3.63) is 76.8 Å². The highest BCUT2D eigenvalue weighted by molar-refractivity contribution is 6.36. The van der Waals surface area contributed by atoms with Gasteiger partial charge in [0.2, 0.25) is 0 Å². The quantitative estimate of drug-likeness (QED) is 0.641. The van der Waals surface area contributed by atoms with Gasteiger partial charge in [-0.15, -0.1) is 0 Å². The number of carbonyl (C=O) groups is 2. The topological polar surface area (TPSA) is 86.6 Å². The van der Waals surface area contributed by atoms with E-state index in [4.69, 9.17) is 11.6 Å². The number of rotatable bonds is 5. The van der Waals surface area contributed by atoms with Crippen molar-refractivity contribution >= 4 is 34.2 Å². The van der Waals surface area contributed by atoms with Crippen LogP contribution in [0.3, 0.4) is 0 Å². The van der Waals surface area contributed by atoms with Gasteiger partial charge >= 0.3 is 5.97 Å². The lowest BCUT2D eigenvalue weighted by atomic mass is 10.0. The number of amides is 1. The molecule has 132 valence electrons. The molecule has 26 heavy (non-hydrogen) atoms. The molecule has 0 spiro atoms. The van der Waals surface area contributed by atoms with Crippen LogP contribution in [0, 0.1) is 0 Å². The largest absolute Gasteiger partial charge is 0.506 e. The molecule has 1 amide bonds. The Bertz CT molecular complexity index is 972. The summed E-state index contributed by atoms with van der Waals surface area (Å²) < 4.78 is 0. The second kappa shape index (κ2) is 7.45. The van der Waals surface area contributed by atoms with Crippen LogP contribution in [0.2, 0.25) is 5.02 Å². The lowest BCUT2D eigenvalue weighted by molar-refractivity contribution is -0.139. The van der Waals surface area contributed by atoms with Gasteiger partial charge in [-0.05, 0) is 11.6 Å². The van der Waals surface area contributed by atoms with E-state index >= 15 is 0 Å². The Morgan fingerprint density at radius 3 is 2.27 bits per heavy atom. The summed E-state index contributed by atoms with van der Waals surface area (Å²) in [5, 5.41) is 23.6. The summed E-state index contributed by atoms with van der Waals surface area (Å²) in [5.74, 6) is -2.08. The Hall–Kier alpha value is -3.05. The van der Waals surface area contributed by atoms with E-state index in [1.165, 1.54) is 6.07 Å². The maximum Gasteiger partial charge on any atom is 0.326 e. The number of aliphatic carboxylic acids is 1. The lowest BCUT2D eigenvalue weighted by Crippen LogP contribution is -2.42. The van der Waals surface area contributed by atoms with E-state index in [0.29, 0.717) is 15.8 Å². The molecule has 0 radical (unpaired) electrons. The van der Waals surface area contributed by atoms with Gasteiger partial charge in [0.05, 0.1) is 5.56 Å². The molecule has 0 fully saturated rings. The van der Waals surface area contributed by atoms with Gasteiger partial charge in [0, 0.05) is 22.2 Å². The predicted octanol–water partition coefficient (Wildman–Crippen LogP) is 3.62. The Kier molecular flexibility index (Phi) is 5.09. The molecule has 0 unspecified atom stereocenters. The number of carboxylic acids is 1. The summed E-state index contributed by atoms with van der Waals surface area (Å²) in [7, 11) is 0. The summed E-state index contributed by atoms with van der Waals surface area (Å²) in [6, 6.07) is 16.1. The molecule has 3 aromatic rings. The molecule has 0 aliphatic carbocycles. The smallest absolute Gasteiger partial charge is 0.326 e. The van der Waals surface area contributed by atoms with Crippen LogP contribution in [0.25, 0.3) is 10.8 Å². The molecule has 0 bridgehead atoms.